The third kappa shape index (κ3) is 5.04. The van der Waals surface area contributed by atoms with Crippen LogP contribution in [0.5, 0.6) is 0 Å². The van der Waals surface area contributed by atoms with Crippen molar-refractivity contribution in [3.8, 4) is 0 Å². The molecule has 170 valence electrons. The molecule has 1 atom stereocenters. The number of hydrogen-bond acceptors (Lipinski definition) is 5. The number of nitrogens with one attached hydrogen (secondary N) is 2. The number of rotatable bonds is 7. The van der Waals surface area contributed by atoms with E-state index in [1.165, 1.54) is 0 Å². The van der Waals surface area contributed by atoms with Crippen LogP contribution in [0.4, 0.5) is 11.4 Å². The van der Waals surface area contributed by atoms with E-state index in [4.69, 9.17) is 5.11 Å². The molecular weight excluding hydrogens is 424 g/mol. The van der Waals surface area contributed by atoms with Gasteiger partial charge in [0.2, 0.25) is 5.91 Å². The lowest BCUT2D eigenvalue weighted by Gasteiger charge is -2.38. The Labute approximate surface area is 189 Å². The van der Waals surface area contributed by atoms with Crippen LogP contribution >= 0.6 is 0 Å². The number of para-hydroxylation sites is 1. The van der Waals surface area contributed by atoms with Gasteiger partial charge in [-0.25, -0.2) is 4.79 Å². The van der Waals surface area contributed by atoms with E-state index in [0.29, 0.717) is 42.8 Å². The van der Waals surface area contributed by atoms with Crippen molar-refractivity contribution < 1.29 is 24.6 Å². The second-order valence-corrected chi connectivity index (χ2v) is 7.76. The van der Waals surface area contributed by atoms with Crippen molar-refractivity contribution >= 4 is 40.1 Å². The van der Waals surface area contributed by atoms with Crippen LogP contribution in [0.3, 0.4) is 0 Å². The molecule has 0 aliphatic carbocycles. The first-order chi connectivity index (χ1) is 15.9. The fraction of sp³-hybridized carbons (Fsp3) is 0.208. The molecule has 3 aromatic rings. The van der Waals surface area contributed by atoms with E-state index in [1.807, 2.05) is 35.2 Å². The Balaban J connectivity index is 1.55. The van der Waals surface area contributed by atoms with Gasteiger partial charge in [0.1, 0.15) is 6.04 Å². The van der Waals surface area contributed by atoms with E-state index in [1.54, 1.807) is 24.4 Å². The molecule has 2 heterocycles. The predicted molar refractivity (Wildman–Crippen MR) is 124 cm³/mol. The Bertz CT molecular complexity index is 1200. The number of aromatic amines is 1. The Morgan fingerprint density at radius 2 is 1.70 bits per heavy atom. The monoisotopic (exact) mass is 448 g/mol. The predicted octanol–water partition coefficient (Wildman–Crippen LogP) is 2.70. The van der Waals surface area contributed by atoms with Gasteiger partial charge in [-0.3, -0.25) is 14.5 Å². The Kier molecular flexibility index (Phi) is 6.41. The molecule has 1 aliphatic rings. The molecule has 0 radical (unpaired) electrons. The van der Waals surface area contributed by atoms with E-state index in [0.717, 1.165) is 23.4 Å². The number of carboxylic acid groups (broad SMARTS) is 2. The molecular formula is C24H24N4O5. The average Bonchev–Trinajstić information content (AvgIpc) is 3.21. The van der Waals surface area contributed by atoms with Gasteiger partial charge < -0.3 is 25.4 Å². The highest BCUT2D eigenvalue weighted by molar-refractivity contribution is 6.03. The minimum absolute atomic E-state index is 0.446. The quantitative estimate of drug-likeness (QED) is 0.410. The molecule has 33 heavy (non-hydrogen) atoms. The van der Waals surface area contributed by atoms with Crippen LogP contribution in [-0.4, -0.2) is 64.1 Å². The standard InChI is InChI=1S/C24H24N4O5/c29-21(8-9-22(30)31)26-16-6-7-20-18(14-16)19(15-25-20)23(24(32)33)28-12-10-27(11-13-28)17-4-2-1-3-5-17/h1-9,14-15,23,25H,10-13H2,(H,26,29)(H,30,31)(H,32,33). The number of anilines is 2. The van der Waals surface area contributed by atoms with Crippen LogP contribution in [0.25, 0.3) is 10.9 Å². The van der Waals surface area contributed by atoms with Crippen molar-refractivity contribution in [3.05, 3.63) is 72.4 Å². The van der Waals surface area contributed by atoms with Crippen molar-refractivity contribution in [2.75, 3.05) is 36.4 Å². The van der Waals surface area contributed by atoms with Crippen molar-refractivity contribution in [3.63, 3.8) is 0 Å². The number of aliphatic carboxylic acids is 2. The van der Waals surface area contributed by atoms with Crippen LogP contribution in [0.15, 0.2) is 66.9 Å². The van der Waals surface area contributed by atoms with Crippen molar-refractivity contribution in [1.82, 2.24) is 9.88 Å². The first-order valence-corrected chi connectivity index (χ1v) is 10.5. The maximum absolute atomic E-state index is 12.3. The van der Waals surface area contributed by atoms with Crippen LogP contribution in [0.2, 0.25) is 0 Å². The number of amides is 1. The molecule has 1 unspecified atom stereocenters. The van der Waals surface area contributed by atoms with Gasteiger partial charge in [-0.2, -0.15) is 0 Å². The zero-order chi connectivity index (χ0) is 23.4. The van der Waals surface area contributed by atoms with E-state index in [-0.39, 0.29) is 0 Å². The summed E-state index contributed by atoms with van der Waals surface area (Å²) in [5.74, 6) is -2.74. The van der Waals surface area contributed by atoms with Crippen LogP contribution < -0.4 is 10.2 Å². The van der Waals surface area contributed by atoms with Crippen molar-refractivity contribution in [2.45, 2.75) is 6.04 Å². The summed E-state index contributed by atoms with van der Waals surface area (Å²) >= 11 is 0. The van der Waals surface area contributed by atoms with Gasteiger partial charge in [-0.05, 0) is 30.3 Å². The molecule has 1 aliphatic heterocycles. The Morgan fingerprint density at radius 1 is 0.970 bits per heavy atom. The molecule has 0 saturated carbocycles. The van der Waals surface area contributed by atoms with Gasteiger partial charge >= 0.3 is 11.9 Å². The summed E-state index contributed by atoms with van der Waals surface area (Å²) in [4.78, 5) is 42.1. The van der Waals surface area contributed by atoms with E-state index >= 15 is 0 Å². The third-order valence-electron chi connectivity index (χ3n) is 5.69. The van der Waals surface area contributed by atoms with Gasteiger partial charge in [0.15, 0.2) is 0 Å². The van der Waals surface area contributed by atoms with Crippen molar-refractivity contribution in [1.29, 1.82) is 0 Å². The molecule has 4 rings (SSSR count). The Morgan fingerprint density at radius 3 is 2.36 bits per heavy atom. The molecule has 9 heteroatoms. The smallest absolute Gasteiger partial charge is 0.328 e. The molecule has 1 aromatic heterocycles. The highest BCUT2D eigenvalue weighted by Crippen LogP contribution is 2.32. The van der Waals surface area contributed by atoms with E-state index in [9.17, 15) is 19.5 Å². The average molecular weight is 448 g/mol. The number of carboxylic acids is 2. The molecule has 1 amide bonds. The third-order valence-corrected chi connectivity index (χ3v) is 5.69. The highest BCUT2D eigenvalue weighted by Gasteiger charge is 2.32. The van der Waals surface area contributed by atoms with Gasteiger partial charge in [-0.1, -0.05) is 18.2 Å². The van der Waals surface area contributed by atoms with Gasteiger partial charge in [0.05, 0.1) is 0 Å². The second kappa shape index (κ2) is 9.58. The minimum Gasteiger partial charge on any atom is -0.480 e. The number of fused-ring (bicyclic) bond motifs is 1. The first kappa shape index (κ1) is 22.1. The van der Waals surface area contributed by atoms with Gasteiger partial charge in [-0.15, -0.1) is 0 Å². The fourth-order valence-corrected chi connectivity index (χ4v) is 4.14. The maximum Gasteiger partial charge on any atom is 0.328 e. The second-order valence-electron chi connectivity index (χ2n) is 7.76. The number of hydrogen-bond donors (Lipinski definition) is 4. The lowest BCUT2D eigenvalue weighted by atomic mass is 10.0. The number of benzene rings is 2. The minimum atomic E-state index is -1.22. The van der Waals surface area contributed by atoms with Crippen LogP contribution in [0.1, 0.15) is 11.6 Å². The molecule has 0 bridgehead atoms. The lowest BCUT2D eigenvalue weighted by molar-refractivity contribution is -0.143. The highest BCUT2D eigenvalue weighted by atomic mass is 16.4. The summed E-state index contributed by atoms with van der Waals surface area (Å²) in [5.41, 5.74) is 2.93. The van der Waals surface area contributed by atoms with Gasteiger partial charge in [0, 0.05) is 72.4 Å². The largest absolute Gasteiger partial charge is 0.480 e. The number of H-pyrrole nitrogens is 1. The van der Waals surface area contributed by atoms with Crippen LogP contribution in [-0.2, 0) is 14.4 Å². The van der Waals surface area contributed by atoms with Gasteiger partial charge in [0.25, 0.3) is 0 Å². The van der Waals surface area contributed by atoms with E-state index < -0.39 is 23.9 Å². The summed E-state index contributed by atoms with van der Waals surface area (Å²) in [5, 5.41) is 22.0. The normalized spacial score (nSPS) is 15.6. The number of piperazine rings is 1. The van der Waals surface area contributed by atoms with E-state index in [2.05, 4.69) is 15.2 Å². The van der Waals surface area contributed by atoms with Crippen LogP contribution in [0, 0.1) is 0 Å². The lowest BCUT2D eigenvalue weighted by Crippen LogP contribution is -2.49. The van der Waals surface area contributed by atoms with Crippen molar-refractivity contribution in [2.24, 2.45) is 0 Å². The molecule has 2 aromatic carbocycles. The molecule has 1 saturated heterocycles. The number of carbonyl (C=O) groups excluding carboxylic acids is 1. The molecule has 1 fully saturated rings. The number of carbonyl (C=O) groups is 3. The number of nitrogens with zero attached hydrogens (tertiary/aromatic N) is 2. The molecule has 4 N–H and O–H groups in total. The summed E-state index contributed by atoms with van der Waals surface area (Å²) in [6, 6.07) is 14.3. The summed E-state index contributed by atoms with van der Waals surface area (Å²) < 4.78 is 0. The Hall–Kier alpha value is -4.11. The fourth-order valence-electron chi connectivity index (χ4n) is 4.14. The maximum atomic E-state index is 12.3. The molecule has 0 spiro atoms. The zero-order valence-corrected chi connectivity index (χ0v) is 17.8. The number of aromatic nitrogens is 1. The topological polar surface area (TPSA) is 126 Å². The zero-order valence-electron chi connectivity index (χ0n) is 17.8. The first-order valence-electron chi connectivity index (χ1n) is 10.5. The summed E-state index contributed by atoms with van der Waals surface area (Å²) in [6.45, 7) is 2.62. The molecule has 9 nitrogen and oxygen atoms in total. The summed E-state index contributed by atoms with van der Waals surface area (Å²) in [6.07, 6.45) is 3.38. The summed E-state index contributed by atoms with van der Waals surface area (Å²) in [7, 11) is 0. The SMILES string of the molecule is O=C(O)C=CC(=O)Nc1ccc2[nH]cc(C(C(=O)O)N3CCN(c4ccccc4)CC3)c2c1.